The molecule has 5 rings (SSSR count). The minimum absolute atomic E-state index is 0.179. The molecule has 0 bridgehead atoms. The monoisotopic (exact) mass is 369 g/mol. The van der Waals surface area contributed by atoms with Crippen LogP contribution in [0.4, 0.5) is 11.6 Å². The van der Waals surface area contributed by atoms with Gasteiger partial charge in [-0.05, 0) is 30.0 Å². The lowest BCUT2D eigenvalue weighted by Crippen LogP contribution is -2.15. The molecule has 4 heterocycles. The molecule has 1 saturated carbocycles. The summed E-state index contributed by atoms with van der Waals surface area (Å²) >= 11 is 0. The van der Waals surface area contributed by atoms with Crippen LogP contribution < -0.4 is 11.1 Å². The fourth-order valence-electron chi connectivity index (χ4n) is 3.41. The van der Waals surface area contributed by atoms with E-state index in [1.165, 1.54) is 0 Å². The van der Waals surface area contributed by atoms with Crippen LogP contribution in [0, 0.1) is 23.2 Å². The summed E-state index contributed by atoms with van der Waals surface area (Å²) in [5.41, 5.74) is 8.63. The first-order chi connectivity index (χ1) is 13.6. The van der Waals surface area contributed by atoms with E-state index in [-0.39, 0.29) is 17.7 Å². The van der Waals surface area contributed by atoms with Crippen molar-refractivity contribution in [2.45, 2.75) is 6.42 Å². The van der Waals surface area contributed by atoms with Gasteiger partial charge in [0, 0.05) is 34.9 Å². The second-order valence-corrected chi connectivity index (χ2v) is 6.88. The minimum Gasteiger partial charge on any atom is -0.383 e. The lowest BCUT2D eigenvalue weighted by Gasteiger charge is -2.09. The van der Waals surface area contributed by atoms with Gasteiger partial charge in [-0.25, -0.2) is 9.97 Å². The van der Waals surface area contributed by atoms with E-state index >= 15 is 0 Å². The Morgan fingerprint density at radius 3 is 3.00 bits per heavy atom. The summed E-state index contributed by atoms with van der Waals surface area (Å²) in [4.78, 5) is 28.4. The number of carbonyl (C=O) groups excluding carboxylic acids is 1. The number of nitrogens with one attached hydrogen (secondary N) is 2. The number of aromatic nitrogens is 4. The number of rotatable bonds is 3. The Morgan fingerprint density at radius 1 is 1.29 bits per heavy atom. The van der Waals surface area contributed by atoms with Gasteiger partial charge in [0.2, 0.25) is 5.91 Å². The number of nitrogen functional groups attached to an aromatic ring is 1. The lowest BCUT2D eigenvalue weighted by atomic mass is 10.1. The zero-order chi connectivity index (χ0) is 19.3. The van der Waals surface area contributed by atoms with Crippen LogP contribution in [0.2, 0.25) is 0 Å². The SMILES string of the molecule is N#CC1CC1C(=O)Nc1cc2cc(-c3cncc4[nH]ccc34)nc(N)c2cn1. The number of H-pyrrole nitrogens is 1. The number of aromatic amines is 1. The van der Waals surface area contributed by atoms with Crippen molar-refractivity contribution < 1.29 is 4.79 Å². The molecule has 1 aliphatic carbocycles. The van der Waals surface area contributed by atoms with Crippen LogP contribution >= 0.6 is 0 Å². The van der Waals surface area contributed by atoms with Gasteiger partial charge in [0.05, 0.1) is 35.3 Å². The van der Waals surface area contributed by atoms with Crippen LogP contribution in [-0.4, -0.2) is 25.8 Å². The number of pyridine rings is 3. The number of amides is 1. The smallest absolute Gasteiger partial charge is 0.230 e. The molecular weight excluding hydrogens is 354 g/mol. The highest BCUT2D eigenvalue weighted by Gasteiger charge is 2.43. The second kappa shape index (κ2) is 6.03. The number of anilines is 2. The van der Waals surface area contributed by atoms with Crippen molar-refractivity contribution >= 4 is 39.2 Å². The molecule has 4 N–H and O–H groups in total. The Kier molecular flexibility index (Phi) is 3.49. The highest BCUT2D eigenvalue weighted by Crippen LogP contribution is 2.38. The van der Waals surface area contributed by atoms with Gasteiger partial charge in [0.1, 0.15) is 11.6 Å². The molecule has 4 aromatic rings. The predicted molar refractivity (Wildman–Crippen MR) is 105 cm³/mol. The van der Waals surface area contributed by atoms with Crippen molar-refractivity contribution in [2.24, 2.45) is 11.8 Å². The number of hydrogen-bond donors (Lipinski definition) is 3. The van der Waals surface area contributed by atoms with Crippen LogP contribution in [0.3, 0.4) is 0 Å². The van der Waals surface area contributed by atoms with Gasteiger partial charge in [0.15, 0.2) is 0 Å². The summed E-state index contributed by atoms with van der Waals surface area (Å²) in [5.74, 6) is 0.161. The van der Waals surface area contributed by atoms with Gasteiger partial charge in [-0.3, -0.25) is 9.78 Å². The summed E-state index contributed by atoms with van der Waals surface area (Å²) in [6.45, 7) is 0. The maximum Gasteiger partial charge on any atom is 0.230 e. The average molecular weight is 369 g/mol. The molecule has 8 nitrogen and oxygen atoms in total. The predicted octanol–water partition coefficient (Wildman–Crippen LogP) is 2.85. The van der Waals surface area contributed by atoms with Crippen molar-refractivity contribution in [1.29, 1.82) is 5.26 Å². The Bertz CT molecular complexity index is 1290. The number of nitriles is 1. The van der Waals surface area contributed by atoms with Gasteiger partial charge < -0.3 is 16.0 Å². The molecule has 28 heavy (non-hydrogen) atoms. The van der Waals surface area contributed by atoms with Crippen LogP contribution in [0.15, 0.2) is 43.0 Å². The number of fused-ring (bicyclic) bond motifs is 2. The zero-order valence-electron chi connectivity index (χ0n) is 14.7. The molecule has 1 amide bonds. The van der Waals surface area contributed by atoms with E-state index in [0.717, 1.165) is 21.9 Å². The molecule has 1 fully saturated rings. The van der Waals surface area contributed by atoms with E-state index in [1.807, 2.05) is 18.3 Å². The highest BCUT2D eigenvalue weighted by molar-refractivity contribution is 6.00. The third-order valence-corrected chi connectivity index (χ3v) is 5.04. The number of hydrogen-bond acceptors (Lipinski definition) is 6. The van der Waals surface area contributed by atoms with Crippen LogP contribution in [0.1, 0.15) is 6.42 Å². The molecule has 0 spiro atoms. The minimum atomic E-state index is -0.252. The summed E-state index contributed by atoms with van der Waals surface area (Å²) in [6.07, 6.45) is 7.56. The Morgan fingerprint density at radius 2 is 2.18 bits per heavy atom. The molecule has 1 aliphatic rings. The van der Waals surface area contributed by atoms with Crippen molar-refractivity contribution in [3.8, 4) is 17.3 Å². The Hall–Kier alpha value is -3.99. The Labute approximate surface area is 159 Å². The topological polar surface area (TPSA) is 133 Å². The van der Waals surface area contributed by atoms with E-state index in [9.17, 15) is 4.79 Å². The largest absolute Gasteiger partial charge is 0.383 e. The normalized spacial score (nSPS) is 18.1. The highest BCUT2D eigenvalue weighted by atomic mass is 16.2. The van der Waals surface area contributed by atoms with Gasteiger partial charge in [-0.2, -0.15) is 5.26 Å². The van der Waals surface area contributed by atoms with E-state index in [2.05, 4.69) is 31.3 Å². The van der Waals surface area contributed by atoms with Crippen LogP contribution in [0.5, 0.6) is 0 Å². The maximum absolute atomic E-state index is 12.2. The summed E-state index contributed by atoms with van der Waals surface area (Å²) in [7, 11) is 0. The lowest BCUT2D eigenvalue weighted by molar-refractivity contribution is -0.117. The standard InChI is InChI=1S/C20H15N7O/c21-6-11-3-13(11)20(28)27-18-5-10-4-16(26-19(22)14(10)8-25-18)15-7-23-9-17-12(15)1-2-24-17/h1-2,4-5,7-9,11,13,24H,3H2,(H2,22,26)(H,25,27,28). The molecule has 136 valence electrons. The second-order valence-electron chi connectivity index (χ2n) is 6.88. The summed E-state index contributed by atoms with van der Waals surface area (Å²) in [5, 5.41) is 14.2. The third kappa shape index (κ3) is 2.61. The first kappa shape index (κ1) is 16.2. The van der Waals surface area contributed by atoms with E-state index in [4.69, 9.17) is 11.0 Å². The molecular formula is C20H15N7O. The Balaban J connectivity index is 1.55. The first-order valence-corrected chi connectivity index (χ1v) is 8.82. The van der Waals surface area contributed by atoms with Gasteiger partial charge >= 0.3 is 0 Å². The number of carbonyl (C=O) groups is 1. The molecule has 8 heteroatoms. The van der Waals surface area contributed by atoms with E-state index < -0.39 is 0 Å². The fraction of sp³-hybridized carbons (Fsp3) is 0.150. The van der Waals surface area contributed by atoms with Gasteiger partial charge in [0.25, 0.3) is 0 Å². The quantitative estimate of drug-likeness (QED) is 0.508. The molecule has 0 aromatic carbocycles. The van der Waals surface area contributed by atoms with Gasteiger partial charge in [-0.15, -0.1) is 0 Å². The molecule has 4 aromatic heterocycles. The third-order valence-electron chi connectivity index (χ3n) is 5.04. The number of nitrogens with two attached hydrogens (primary N) is 1. The van der Waals surface area contributed by atoms with Gasteiger partial charge in [-0.1, -0.05) is 0 Å². The van der Waals surface area contributed by atoms with Crippen molar-refractivity contribution in [1.82, 2.24) is 19.9 Å². The molecule has 2 unspecified atom stereocenters. The van der Waals surface area contributed by atoms with Crippen LogP contribution in [-0.2, 0) is 4.79 Å². The first-order valence-electron chi connectivity index (χ1n) is 8.82. The summed E-state index contributed by atoms with van der Waals surface area (Å²) in [6, 6.07) is 7.75. The zero-order valence-corrected chi connectivity index (χ0v) is 14.7. The van der Waals surface area contributed by atoms with Crippen LogP contribution in [0.25, 0.3) is 32.9 Å². The summed E-state index contributed by atoms with van der Waals surface area (Å²) < 4.78 is 0. The maximum atomic E-state index is 12.2. The van der Waals surface area contributed by atoms with Crippen molar-refractivity contribution in [3.05, 3.63) is 43.0 Å². The van der Waals surface area contributed by atoms with Crippen molar-refractivity contribution in [2.75, 3.05) is 11.1 Å². The molecule has 0 saturated heterocycles. The molecule has 0 aliphatic heterocycles. The fourth-order valence-corrected chi connectivity index (χ4v) is 3.41. The van der Waals surface area contributed by atoms with E-state index in [0.29, 0.717) is 29.1 Å². The van der Waals surface area contributed by atoms with Crippen molar-refractivity contribution in [3.63, 3.8) is 0 Å². The van der Waals surface area contributed by atoms with E-state index in [1.54, 1.807) is 24.7 Å². The molecule has 0 radical (unpaired) electrons. The molecule has 2 atom stereocenters. The number of nitrogens with zero attached hydrogens (tertiary/aromatic N) is 4. The average Bonchev–Trinajstić information content (AvgIpc) is 3.34.